The summed E-state index contributed by atoms with van der Waals surface area (Å²) in [4.78, 5) is 28.8. The number of nitrogens with zero attached hydrogens (tertiary/aromatic N) is 3. The van der Waals surface area contributed by atoms with Gasteiger partial charge in [-0.2, -0.15) is 0 Å². The second-order valence-electron chi connectivity index (χ2n) is 5.97. The highest BCUT2D eigenvalue weighted by atomic mass is 32.2. The van der Waals surface area contributed by atoms with E-state index in [4.69, 9.17) is 4.74 Å². The molecule has 2 aromatic rings. The number of hydrogen-bond acceptors (Lipinski definition) is 4. The number of carbonyl (C=O) groups excluding carboxylic acids is 2. The number of aromatic nitrogens is 1. The van der Waals surface area contributed by atoms with Crippen LogP contribution in [0.2, 0.25) is 0 Å². The van der Waals surface area contributed by atoms with Gasteiger partial charge in [0, 0.05) is 19.3 Å². The fraction of sp³-hybridized carbons (Fsp3) is 0.333. The minimum atomic E-state index is -0.0495. The van der Waals surface area contributed by atoms with Crippen LogP contribution in [0.4, 0.5) is 5.69 Å². The molecule has 1 fully saturated rings. The van der Waals surface area contributed by atoms with Crippen molar-refractivity contribution in [3.05, 3.63) is 42.6 Å². The number of morpholine rings is 1. The predicted octanol–water partition coefficient (Wildman–Crippen LogP) is 1.77. The molecule has 0 spiro atoms. The van der Waals surface area contributed by atoms with E-state index in [1.54, 1.807) is 9.80 Å². The molecule has 3 heterocycles. The molecule has 4 rings (SSSR count). The first-order valence-corrected chi connectivity index (χ1v) is 9.28. The number of fused-ring (bicyclic) bond motifs is 3. The minimum absolute atomic E-state index is 0.0373. The van der Waals surface area contributed by atoms with Crippen LogP contribution in [-0.4, -0.2) is 59.9 Å². The number of thioether (sulfide) groups is 1. The molecule has 2 aliphatic heterocycles. The van der Waals surface area contributed by atoms with Crippen molar-refractivity contribution < 1.29 is 14.3 Å². The van der Waals surface area contributed by atoms with E-state index >= 15 is 0 Å². The van der Waals surface area contributed by atoms with Gasteiger partial charge in [-0.1, -0.05) is 23.9 Å². The molecule has 0 unspecified atom stereocenters. The number of carbonyl (C=O) groups is 2. The Morgan fingerprint density at radius 1 is 1.08 bits per heavy atom. The molecule has 6 nitrogen and oxygen atoms in total. The number of para-hydroxylation sites is 2. The van der Waals surface area contributed by atoms with Crippen molar-refractivity contribution in [3.63, 3.8) is 0 Å². The normalized spacial score (nSPS) is 17.5. The SMILES string of the molecule is O=C(CN1C(=O)CSc2cccn2-c2ccccc21)N1CCOCC1. The zero-order valence-electron chi connectivity index (χ0n) is 13.8. The Balaban J connectivity index is 1.68. The van der Waals surface area contributed by atoms with Gasteiger partial charge in [0.05, 0.1) is 35.4 Å². The van der Waals surface area contributed by atoms with Crippen LogP contribution >= 0.6 is 11.8 Å². The second kappa shape index (κ2) is 6.93. The quantitative estimate of drug-likeness (QED) is 0.822. The highest BCUT2D eigenvalue weighted by Crippen LogP contribution is 2.33. The Hall–Kier alpha value is -2.25. The molecule has 25 heavy (non-hydrogen) atoms. The van der Waals surface area contributed by atoms with E-state index in [9.17, 15) is 9.59 Å². The van der Waals surface area contributed by atoms with E-state index in [-0.39, 0.29) is 18.4 Å². The van der Waals surface area contributed by atoms with Crippen LogP contribution in [0.15, 0.2) is 47.6 Å². The molecule has 2 amide bonds. The molecule has 1 aromatic heterocycles. The monoisotopic (exact) mass is 357 g/mol. The highest BCUT2D eigenvalue weighted by molar-refractivity contribution is 7.99. The van der Waals surface area contributed by atoms with Gasteiger partial charge in [0.1, 0.15) is 6.54 Å². The number of anilines is 1. The molecular formula is C18H19N3O3S. The molecule has 2 aliphatic rings. The first kappa shape index (κ1) is 16.2. The largest absolute Gasteiger partial charge is 0.378 e. The summed E-state index contributed by atoms with van der Waals surface area (Å²) < 4.78 is 7.37. The molecule has 0 aliphatic carbocycles. The summed E-state index contributed by atoms with van der Waals surface area (Å²) >= 11 is 1.49. The first-order chi connectivity index (χ1) is 12.2. The Bertz CT molecular complexity index is 798. The minimum Gasteiger partial charge on any atom is -0.378 e. The molecule has 0 N–H and O–H groups in total. The zero-order valence-corrected chi connectivity index (χ0v) is 14.6. The molecule has 0 radical (unpaired) electrons. The van der Waals surface area contributed by atoms with Gasteiger partial charge in [-0.05, 0) is 24.3 Å². The molecular weight excluding hydrogens is 338 g/mol. The fourth-order valence-corrected chi connectivity index (χ4v) is 4.05. The van der Waals surface area contributed by atoms with Crippen LogP contribution in [0.5, 0.6) is 0 Å². The van der Waals surface area contributed by atoms with E-state index in [1.807, 2.05) is 42.6 Å². The number of hydrogen-bond donors (Lipinski definition) is 0. The summed E-state index contributed by atoms with van der Waals surface area (Å²) in [6, 6.07) is 11.7. The first-order valence-electron chi connectivity index (χ1n) is 8.29. The Morgan fingerprint density at radius 3 is 2.64 bits per heavy atom. The van der Waals surface area contributed by atoms with Crippen molar-refractivity contribution >= 4 is 29.3 Å². The van der Waals surface area contributed by atoms with Gasteiger partial charge < -0.3 is 19.1 Å². The van der Waals surface area contributed by atoms with Crippen LogP contribution in [0.1, 0.15) is 0 Å². The predicted molar refractivity (Wildman–Crippen MR) is 96.2 cm³/mol. The van der Waals surface area contributed by atoms with Gasteiger partial charge in [-0.25, -0.2) is 0 Å². The van der Waals surface area contributed by atoms with E-state index in [0.29, 0.717) is 32.1 Å². The maximum absolute atomic E-state index is 12.8. The van der Waals surface area contributed by atoms with Crippen LogP contribution in [0.3, 0.4) is 0 Å². The number of amides is 2. The molecule has 7 heteroatoms. The van der Waals surface area contributed by atoms with Crippen molar-refractivity contribution in [3.8, 4) is 5.69 Å². The Morgan fingerprint density at radius 2 is 1.84 bits per heavy atom. The topological polar surface area (TPSA) is 54.8 Å². The summed E-state index contributed by atoms with van der Waals surface area (Å²) in [7, 11) is 0. The lowest BCUT2D eigenvalue weighted by Crippen LogP contribution is -2.48. The lowest BCUT2D eigenvalue weighted by atomic mass is 10.2. The molecule has 0 atom stereocenters. The Labute approximate surface area is 150 Å². The van der Waals surface area contributed by atoms with E-state index < -0.39 is 0 Å². The lowest BCUT2D eigenvalue weighted by molar-refractivity contribution is -0.134. The molecule has 0 bridgehead atoms. The highest BCUT2D eigenvalue weighted by Gasteiger charge is 2.27. The number of rotatable bonds is 2. The maximum atomic E-state index is 12.8. The van der Waals surface area contributed by atoms with Crippen molar-refractivity contribution in [1.29, 1.82) is 0 Å². The molecule has 130 valence electrons. The van der Waals surface area contributed by atoms with Gasteiger partial charge >= 0.3 is 0 Å². The third-order valence-corrected chi connectivity index (χ3v) is 5.47. The van der Waals surface area contributed by atoms with Crippen molar-refractivity contribution in [2.75, 3.05) is 43.5 Å². The van der Waals surface area contributed by atoms with Crippen molar-refractivity contribution in [1.82, 2.24) is 9.47 Å². The van der Waals surface area contributed by atoms with E-state index in [1.165, 1.54) is 11.8 Å². The lowest BCUT2D eigenvalue weighted by Gasteiger charge is -2.32. The Kier molecular flexibility index (Phi) is 4.50. The van der Waals surface area contributed by atoms with E-state index in [0.717, 1.165) is 16.4 Å². The third-order valence-electron chi connectivity index (χ3n) is 4.45. The number of ether oxygens (including phenoxy) is 1. The molecule has 1 aromatic carbocycles. The van der Waals surface area contributed by atoms with Gasteiger partial charge in [0.2, 0.25) is 11.8 Å². The average Bonchev–Trinajstić information content (AvgIpc) is 3.12. The summed E-state index contributed by atoms with van der Waals surface area (Å²) in [6.45, 7) is 2.34. The van der Waals surface area contributed by atoms with E-state index in [2.05, 4.69) is 4.57 Å². The van der Waals surface area contributed by atoms with Gasteiger partial charge in [-0.15, -0.1) is 0 Å². The standard InChI is InChI=1S/C18H19N3O3S/c22-16(19-8-10-24-11-9-19)12-21-15-5-2-1-4-14(15)20-7-3-6-18(20)25-13-17(21)23/h1-7H,8-13H2. The molecule has 1 saturated heterocycles. The summed E-state index contributed by atoms with van der Waals surface area (Å²) in [6.07, 6.45) is 1.99. The van der Waals surface area contributed by atoms with Gasteiger partial charge in [0.25, 0.3) is 0 Å². The second-order valence-corrected chi connectivity index (χ2v) is 6.96. The van der Waals surface area contributed by atoms with Crippen molar-refractivity contribution in [2.45, 2.75) is 5.03 Å². The fourth-order valence-electron chi connectivity index (χ4n) is 3.15. The maximum Gasteiger partial charge on any atom is 0.242 e. The van der Waals surface area contributed by atoms with Gasteiger partial charge in [0.15, 0.2) is 0 Å². The van der Waals surface area contributed by atoms with Crippen LogP contribution in [0, 0.1) is 0 Å². The smallest absolute Gasteiger partial charge is 0.242 e. The van der Waals surface area contributed by atoms with Crippen LogP contribution in [-0.2, 0) is 14.3 Å². The average molecular weight is 357 g/mol. The zero-order chi connectivity index (χ0) is 17.2. The number of benzene rings is 1. The third kappa shape index (κ3) is 3.17. The van der Waals surface area contributed by atoms with Crippen molar-refractivity contribution in [2.24, 2.45) is 0 Å². The molecule has 0 saturated carbocycles. The summed E-state index contributed by atoms with van der Waals surface area (Å²) in [5, 5.41) is 1.03. The summed E-state index contributed by atoms with van der Waals surface area (Å²) in [5.74, 6) is 0.227. The van der Waals surface area contributed by atoms with Crippen LogP contribution < -0.4 is 4.90 Å². The van der Waals surface area contributed by atoms with Gasteiger partial charge in [-0.3, -0.25) is 9.59 Å². The summed E-state index contributed by atoms with van der Waals surface area (Å²) in [5.41, 5.74) is 1.68. The van der Waals surface area contributed by atoms with Crippen LogP contribution in [0.25, 0.3) is 5.69 Å².